The lowest BCUT2D eigenvalue weighted by atomic mass is 10.2. The smallest absolute Gasteiger partial charge is 0.340 e. The fraction of sp³-hybridized carbons (Fsp3) is 0.250. The van der Waals surface area contributed by atoms with Gasteiger partial charge in [-0.3, -0.25) is 14.9 Å². The molecule has 10 heteroatoms. The number of amides is 1. The first-order valence-electron chi connectivity index (χ1n) is 7.60. The molecule has 1 aromatic carbocycles. The number of halogens is 1. The highest BCUT2D eigenvalue weighted by Gasteiger charge is 2.36. The molecular weight excluding hydrogens is 382 g/mol. The van der Waals surface area contributed by atoms with E-state index in [1.165, 1.54) is 41.5 Å². The van der Waals surface area contributed by atoms with Gasteiger partial charge in [-0.05, 0) is 30.0 Å². The second kappa shape index (κ2) is 7.30. The van der Waals surface area contributed by atoms with Crippen molar-refractivity contribution in [1.29, 1.82) is 0 Å². The van der Waals surface area contributed by atoms with Crippen LogP contribution in [0.4, 0.5) is 16.4 Å². The molecule has 0 saturated carbocycles. The van der Waals surface area contributed by atoms with Crippen LogP contribution in [0.15, 0.2) is 29.6 Å². The van der Waals surface area contributed by atoms with E-state index in [0.717, 1.165) is 0 Å². The van der Waals surface area contributed by atoms with Crippen molar-refractivity contribution in [3.63, 3.8) is 0 Å². The number of hydrogen-bond acceptors (Lipinski definition) is 7. The van der Waals surface area contributed by atoms with Crippen molar-refractivity contribution >= 4 is 51.2 Å². The van der Waals surface area contributed by atoms with Crippen molar-refractivity contribution in [3.05, 3.63) is 50.3 Å². The molecule has 3 rings (SSSR count). The van der Waals surface area contributed by atoms with Crippen LogP contribution in [-0.4, -0.2) is 36.5 Å². The number of hydrogen-bond donors (Lipinski definition) is 1. The van der Waals surface area contributed by atoms with Crippen LogP contribution in [0.1, 0.15) is 16.8 Å². The summed E-state index contributed by atoms with van der Waals surface area (Å²) in [6.45, 7) is 0.391. The summed E-state index contributed by atoms with van der Waals surface area (Å²) in [6, 6.07) is 5.19. The second-order valence-corrected chi connectivity index (χ2v) is 6.86. The Morgan fingerprint density at radius 1 is 1.46 bits per heavy atom. The maximum atomic E-state index is 12.7. The summed E-state index contributed by atoms with van der Waals surface area (Å²) in [7, 11) is 1.28. The maximum absolute atomic E-state index is 12.7. The van der Waals surface area contributed by atoms with E-state index < -0.39 is 16.9 Å². The Balaban J connectivity index is 1.82. The van der Waals surface area contributed by atoms with Crippen LogP contribution >= 0.6 is 22.9 Å². The average Bonchev–Trinajstić information content (AvgIpc) is 3.23. The molecule has 136 valence electrons. The number of benzene rings is 1. The molecule has 2 aromatic rings. The molecule has 1 aliphatic heterocycles. The average molecular weight is 396 g/mol. The number of esters is 1. The zero-order valence-electron chi connectivity index (χ0n) is 13.6. The number of nitrogens with zero attached hydrogens (tertiary/aromatic N) is 2. The molecule has 1 aromatic heterocycles. The third-order valence-electron chi connectivity index (χ3n) is 3.99. The standard InChI is InChI=1S/C16H14ClN3O5S/c1-25-16(22)10-5-7-26-15(10)19-6-4-12(14(19)21)18-11-3-2-9(17)8-13(11)20(23)24/h2-3,5,7-8,12,18H,4,6H2,1H3. The van der Waals surface area contributed by atoms with Crippen molar-refractivity contribution in [1.82, 2.24) is 0 Å². The SMILES string of the molecule is COC(=O)c1ccsc1N1CCC(Nc2ccc(Cl)cc2[N+](=O)[O-])C1=O. The lowest BCUT2D eigenvalue weighted by Gasteiger charge is -2.17. The molecule has 2 heterocycles. The Morgan fingerprint density at radius 2 is 2.23 bits per heavy atom. The van der Waals surface area contributed by atoms with E-state index in [4.69, 9.17) is 16.3 Å². The van der Waals surface area contributed by atoms with Crippen LogP contribution in [0.3, 0.4) is 0 Å². The number of ether oxygens (including phenoxy) is 1. The van der Waals surface area contributed by atoms with Gasteiger partial charge in [0, 0.05) is 17.6 Å². The number of thiophene rings is 1. The fourth-order valence-electron chi connectivity index (χ4n) is 2.76. The van der Waals surface area contributed by atoms with E-state index in [9.17, 15) is 19.7 Å². The lowest BCUT2D eigenvalue weighted by Crippen LogP contribution is -2.33. The molecule has 1 atom stereocenters. The monoisotopic (exact) mass is 395 g/mol. The van der Waals surface area contributed by atoms with E-state index >= 15 is 0 Å². The first-order chi connectivity index (χ1) is 12.4. The van der Waals surface area contributed by atoms with Gasteiger partial charge in [0.25, 0.3) is 5.69 Å². The number of nitrogens with one attached hydrogen (secondary N) is 1. The quantitative estimate of drug-likeness (QED) is 0.473. The van der Waals surface area contributed by atoms with Crippen LogP contribution in [0.2, 0.25) is 5.02 Å². The van der Waals surface area contributed by atoms with E-state index in [-0.39, 0.29) is 22.3 Å². The van der Waals surface area contributed by atoms with Gasteiger partial charge >= 0.3 is 5.97 Å². The molecule has 1 saturated heterocycles. The van der Waals surface area contributed by atoms with Gasteiger partial charge < -0.3 is 15.0 Å². The number of nitro groups is 1. The Hall–Kier alpha value is -2.65. The third kappa shape index (κ3) is 3.35. The number of carbonyl (C=O) groups excluding carboxylic acids is 2. The Bertz CT molecular complexity index is 885. The zero-order valence-corrected chi connectivity index (χ0v) is 15.2. The highest BCUT2D eigenvalue weighted by molar-refractivity contribution is 7.14. The first kappa shape index (κ1) is 18.2. The highest BCUT2D eigenvalue weighted by Crippen LogP contribution is 2.34. The van der Waals surface area contributed by atoms with Crippen molar-refractivity contribution < 1.29 is 19.2 Å². The van der Waals surface area contributed by atoms with E-state index in [1.54, 1.807) is 11.4 Å². The topological polar surface area (TPSA) is 102 Å². The zero-order chi connectivity index (χ0) is 18.8. The van der Waals surface area contributed by atoms with Gasteiger partial charge in [-0.2, -0.15) is 0 Å². The van der Waals surface area contributed by atoms with E-state index in [2.05, 4.69) is 5.32 Å². The van der Waals surface area contributed by atoms with Crippen LogP contribution in [-0.2, 0) is 9.53 Å². The van der Waals surface area contributed by atoms with Gasteiger partial charge in [-0.15, -0.1) is 11.3 Å². The van der Waals surface area contributed by atoms with Crippen LogP contribution < -0.4 is 10.2 Å². The summed E-state index contributed by atoms with van der Waals surface area (Å²) in [5, 5.41) is 16.6. The Kier molecular flexibility index (Phi) is 5.10. The van der Waals surface area contributed by atoms with Crippen LogP contribution in [0.5, 0.6) is 0 Å². The molecule has 8 nitrogen and oxygen atoms in total. The number of methoxy groups -OCH3 is 1. The van der Waals surface area contributed by atoms with Gasteiger partial charge in [0.05, 0.1) is 17.6 Å². The van der Waals surface area contributed by atoms with Gasteiger partial charge in [0.1, 0.15) is 16.7 Å². The summed E-state index contributed by atoms with van der Waals surface area (Å²) < 4.78 is 4.73. The van der Waals surface area contributed by atoms with Crippen LogP contribution in [0.25, 0.3) is 0 Å². The third-order valence-corrected chi connectivity index (χ3v) is 5.16. The fourth-order valence-corrected chi connectivity index (χ4v) is 3.84. The number of rotatable bonds is 5. The highest BCUT2D eigenvalue weighted by atomic mass is 35.5. The molecule has 26 heavy (non-hydrogen) atoms. The van der Waals surface area contributed by atoms with E-state index in [0.29, 0.717) is 23.5 Å². The molecule has 0 aliphatic carbocycles. The maximum Gasteiger partial charge on any atom is 0.340 e. The van der Waals surface area contributed by atoms with Crippen molar-refractivity contribution in [2.45, 2.75) is 12.5 Å². The molecule has 1 amide bonds. The predicted molar refractivity (Wildman–Crippen MR) is 98.1 cm³/mol. The minimum Gasteiger partial charge on any atom is -0.465 e. The number of nitro benzene ring substituents is 1. The van der Waals surface area contributed by atoms with Crippen molar-refractivity contribution in [2.24, 2.45) is 0 Å². The number of carbonyl (C=O) groups is 2. The molecule has 0 radical (unpaired) electrons. The first-order valence-corrected chi connectivity index (χ1v) is 8.85. The van der Waals surface area contributed by atoms with Gasteiger partial charge in [-0.25, -0.2) is 4.79 Å². The predicted octanol–water partition coefficient (Wildman–Crippen LogP) is 3.31. The van der Waals surface area contributed by atoms with Gasteiger partial charge in [0.15, 0.2) is 0 Å². The van der Waals surface area contributed by atoms with Gasteiger partial charge in [0.2, 0.25) is 5.91 Å². The minimum absolute atomic E-state index is 0.199. The van der Waals surface area contributed by atoms with Crippen molar-refractivity contribution in [2.75, 3.05) is 23.9 Å². The summed E-state index contributed by atoms with van der Waals surface area (Å²) in [5.41, 5.74) is 0.345. The largest absolute Gasteiger partial charge is 0.465 e. The summed E-state index contributed by atoms with van der Waals surface area (Å²) in [6.07, 6.45) is 0.442. The molecule has 1 aliphatic rings. The molecule has 1 N–H and O–H groups in total. The molecule has 1 fully saturated rings. The lowest BCUT2D eigenvalue weighted by molar-refractivity contribution is -0.384. The van der Waals surface area contributed by atoms with Crippen molar-refractivity contribution in [3.8, 4) is 0 Å². The summed E-state index contributed by atoms with van der Waals surface area (Å²) >= 11 is 7.07. The summed E-state index contributed by atoms with van der Waals surface area (Å²) in [4.78, 5) is 36.7. The molecule has 0 spiro atoms. The van der Waals surface area contributed by atoms with Gasteiger partial charge in [-0.1, -0.05) is 11.6 Å². The Morgan fingerprint density at radius 3 is 2.92 bits per heavy atom. The molecule has 1 unspecified atom stereocenters. The Labute approximate surface area is 157 Å². The second-order valence-electron chi connectivity index (χ2n) is 5.53. The minimum atomic E-state index is -0.637. The normalized spacial score (nSPS) is 16.6. The molecular formula is C16H14ClN3O5S. The molecule has 0 bridgehead atoms. The van der Waals surface area contributed by atoms with E-state index in [1.807, 2.05) is 0 Å². The van der Waals surface area contributed by atoms with Crippen LogP contribution in [0, 0.1) is 10.1 Å². The summed E-state index contributed by atoms with van der Waals surface area (Å²) in [5.74, 6) is -0.777. The number of anilines is 2.